The third kappa shape index (κ3) is 2.11. The van der Waals surface area contributed by atoms with Crippen LogP contribution in [0.25, 0.3) is 21.9 Å². The van der Waals surface area contributed by atoms with Crippen molar-refractivity contribution in [3.63, 3.8) is 0 Å². The van der Waals surface area contributed by atoms with E-state index in [0.29, 0.717) is 0 Å². The van der Waals surface area contributed by atoms with Gasteiger partial charge in [-0.05, 0) is 37.0 Å². The molecule has 1 saturated heterocycles. The Morgan fingerprint density at radius 1 is 1.36 bits per heavy atom. The molecule has 1 atom stereocenters. The summed E-state index contributed by atoms with van der Waals surface area (Å²) >= 11 is 0. The summed E-state index contributed by atoms with van der Waals surface area (Å²) in [6, 6.07) is 4.70. The number of H-pyrrole nitrogens is 1. The number of aromatic nitrogens is 3. The number of aromatic amines is 1. The Morgan fingerprint density at radius 2 is 2.27 bits per heavy atom. The number of hydrogen-bond acceptors (Lipinski definition) is 4. The van der Waals surface area contributed by atoms with E-state index in [4.69, 9.17) is 0 Å². The lowest BCUT2D eigenvalue weighted by atomic mass is 9.99. The van der Waals surface area contributed by atoms with Crippen molar-refractivity contribution in [3.8, 4) is 0 Å². The molecule has 0 bridgehead atoms. The number of aliphatic hydroxyl groups is 1. The molecule has 0 spiro atoms. The van der Waals surface area contributed by atoms with Gasteiger partial charge in [0.1, 0.15) is 23.6 Å². The first kappa shape index (κ1) is 13.5. The van der Waals surface area contributed by atoms with Crippen molar-refractivity contribution < 1.29 is 9.50 Å². The summed E-state index contributed by atoms with van der Waals surface area (Å²) < 4.78 is 13.4. The molecule has 3 aromatic rings. The second-order valence-corrected chi connectivity index (χ2v) is 5.87. The van der Waals surface area contributed by atoms with E-state index in [9.17, 15) is 9.50 Å². The first-order chi connectivity index (χ1) is 10.8. The number of nitrogens with one attached hydrogen (secondary N) is 1. The molecule has 0 amide bonds. The molecule has 0 radical (unpaired) electrons. The predicted molar refractivity (Wildman–Crippen MR) is 83.4 cm³/mol. The molecule has 22 heavy (non-hydrogen) atoms. The van der Waals surface area contributed by atoms with Gasteiger partial charge in [0.05, 0.1) is 10.9 Å². The van der Waals surface area contributed by atoms with Crippen LogP contribution in [0, 0.1) is 11.7 Å². The fourth-order valence-corrected chi connectivity index (χ4v) is 3.33. The fourth-order valence-electron chi connectivity index (χ4n) is 3.33. The van der Waals surface area contributed by atoms with Gasteiger partial charge < -0.3 is 15.0 Å². The van der Waals surface area contributed by atoms with Gasteiger partial charge in [-0.25, -0.2) is 14.4 Å². The molecule has 2 aromatic heterocycles. The van der Waals surface area contributed by atoms with Gasteiger partial charge in [-0.2, -0.15) is 0 Å². The summed E-state index contributed by atoms with van der Waals surface area (Å²) in [6.07, 6.45) is 3.61. The van der Waals surface area contributed by atoms with E-state index in [1.165, 1.54) is 18.5 Å². The van der Waals surface area contributed by atoms with Gasteiger partial charge >= 0.3 is 0 Å². The largest absolute Gasteiger partial charge is 0.396 e. The lowest BCUT2D eigenvalue weighted by Crippen LogP contribution is -2.37. The highest BCUT2D eigenvalue weighted by Crippen LogP contribution is 2.33. The van der Waals surface area contributed by atoms with Crippen LogP contribution in [0.15, 0.2) is 24.5 Å². The van der Waals surface area contributed by atoms with Crippen molar-refractivity contribution in [1.29, 1.82) is 0 Å². The van der Waals surface area contributed by atoms with Crippen molar-refractivity contribution in [3.05, 3.63) is 30.3 Å². The Morgan fingerprint density at radius 3 is 3.14 bits per heavy atom. The molecule has 6 heteroatoms. The maximum atomic E-state index is 13.4. The quantitative estimate of drug-likeness (QED) is 0.763. The number of nitrogens with zero attached hydrogens (tertiary/aromatic N) is 3. The zero-order valence-electron chi connectivity index (χ0n) is 12.1. The van der Waals surface area contributed by atoms with Crippen molar-refractivity contribution >= 4 is 27.8 Å². The monoisotopic (exact) mass is 300 g/mol. The SMILES string of the molecule is OC[C@@H]1CCCN(c2ncnc3[nH]c4cc(F)ccc4c23)C1. The number of hydrogen-bond donors (Lipinski definition) is 2. The molecule has 0 saturated carbocycles. The maximum Gasteiger partial charge on any atom is 0.143 e. The molecule has 1 aliphatic heterocycles. The van der Waals surface area contributed by atoms with E-state index in [0.717, 1.165) is 53.7 Å². The zero-order chi connectivity index (χ0) is 15.1. The standard InChI is InChI=1S/C16H17FN4O/c17-11-3-4-12-13(6-11)20-15-14(12)16(19-9-18-15)21-5-1-2-10(7-21)8-22/h3-4,6,9-10,22H,1-2,5,7-8H2,(H,18,19,20)/t10-/m1/s1. The van der Waals surface area contributed by atoms with Crippen LogP contribution in [0.3, 0.4) is 0 Å². The van der Waals surface area contributed by atoms with Crippen LogP contribution < -0.4 is 4.90 Å². The minimum Gasteiger partial charge on any atom is -0.396 e. The van der Waals surface area contributed by atoms with Gasteiger partial charge in [-0.3, -0.25) is 0 Å². The van der Waals surface area contributed by atoms with Crippen molar-refractivity contribution in [2.24, 2.45) is 5.92 Å². The van der Waals surface area contributed by atoms with E-state index in [2.05, 4.69) is 19.9 Å². The maximum absolute atomic E-state index is 13.4. The van der Waals surface area contributed by atoms with Crippen LogP contribution in [0.4, 0.5) is 10.2 Å². The molecule has 5 nitrogen and oxygen atoms in total. The molecule has 1 aromatic carbocycles. The van der Waals surface area contributed by atoms with Crippen LogP contribution >= 0.6 is 0 Å². The topological polar surface area (TPSA) is 65.0 Å². The Labute approximate surface area is 126 Å². The van der Waals surface area contributed by atoms with Crippen molar-refractivity contribution in [1.82, 2.24) is 15.0 Å². The number of rotatable bonds is 2. The van der Waals surface area contributed by atoms with E-state index < -0.39 is 0 Å². The Bertz CT molecular complexity index is 831. The minimum absolute atomic E-state index is 0.198. The van der Waals surface area contributed by atoms with Gasteiger partial charge in [0.25, 0.3) is 0 Å². The number of fused-ring (bicyclic) bond motifs is 3. The summed E-state index contributed by atoms with van der Waals surface area (Å²) in [6.45, 7) is 1.90. The predicted octanol–water partition coefficient (Wildman–Crippen LogP) is 2.46. The normalized spacial score (nSPS) is 19.2. The zero-order valence-corrected chi connectivity index (χ0v) is 12.1. The van der Waals surface area contributed by atoms with E-state index in [-0.39, 0.29) is 18.3 Å². The highest BCUT2D eigenvalue weighted by molar-refractivity contribution is 6.11. The second kappa shape index (κ2) is 5.21. The molecule has 0 aliphatic carbocycles. The van der Waals surface area contributed by atoms with Gasteiger partial charge in [0.2, 0.25) is 0 Å². The van der Waals surface area contributed by atoms with Crippen LogP contribution in [0.2, 0.25) is 0 Å². The van der Waals surface area contributed by atoms with Crippen LogP contribution in [-0.4, -0.2) is 39.8 Å². The number of aliphatic hydroxyl groups excluding tert-OH is 1. The molecule has 3 heterocycles. The summed E-state index contributed by atoms with van der Waals surface area (Å²) in [5, 5.41) is 11.3. The molecule has 114 valence electrons. The van der Waals surface area contributed by atoms with Crippen LogP contribution in [0.1, 0.15) is 12.8 Å². The summed E-state index contributed by atoms with van der Waals surface area (Å²) in [5.41, 5.74) is 1.45. The van der Waals surface area contributed by atoms with Gasteiger partial charge in [0.15, 0.2) is 0 Å². The molecule has 2 N–H and O–H groups in total. The van der Waals surface area contributed by atoms with Gasteiger partial charge in [0, 0.05) is 25.1 Å². The van der Waals surface area contributed by atoms with Gasteiger partial charge in [-0.1, -0.05) is 0 Å². The molecule has 4 rings (SSSR count). The lowest BCUT2D eigenvalue weighted by Gasteiger charge is -2.33. The number of anilines is 1. The molecular weight excluding hydrogens is 283 g/mol. The third-order valence-corrected chi connectivity index (χ3v) is 4.41. The smallest absolute Gasteiger partial charge is 0.143 e. The molecule has 1 fully saturated rings. The summed E-state index contributed by atoms with van der Waals surface area (Å²) in [7, 11) is 0. The fraction of sp³-hybridized carbons (Fsp3) is 0.375. The molecule has 1 aliphatic rings. The average molecular weight is 300 g/mol. The van der Waals surface area contributed by atoms with Crippen molar-refractivity contribution in [2.45, 2.75) is 12.8 Å². The van der Waals surface area contributed by atoms with Crippen molar-refractivity contribution in [2.75, 3.05) is 24.6 Å². The van der Waals surface area contributed by atoms with Crippen LogP contribution in [-0.2, 0) is 0 Å². The van der Waals surface area contributed by atoms with E-state index in [1.807, 2.05) is 0 Å². The molecular formula is C16H17FN4O. The van der Waals surface area contributed by atoms with E-state index in [1.54, 1.807) is 6.07 Å². The number of benzene rings is 1. The Kier molecular flexibility index (Phi) is 3.18. The summed E-state index contributed by atoms with van der Waals surface area (Å²) in [4.78, 5) is 14.1. The van der Waals surface area contributed by atoms with Crippen LogP contribution in [0.5, 0.6) is 0 Å². The average Bonchev–Trinajstić information content (AvgIpc) is 2.92. The second-order valence-electron chi connectivity index (χ2n) is 5.87. The number of piperidine rings is 1. The minimum atomic E-state index is -0.271. The van der Waals surface area contributed by atoms with Gasteiger partial charge in [-0.15, -0.1) is 0 Å². The highest BCUT2D eigenvalue weighted by atomic mass is 19.1. The number of halogens is 1. The first-order valence-corrected chi connectivity index (χ1v) is 7.54. The third-order valence-electron chi connectivity index (χ3n) is 4.41. The highest BCUT2D eigenvalue weighted by Gasteiger charge is 2.23. The lowest BCUT2D eigenvalue weighted by molar-refractivity contribution is 0.208. The first-order valence-electron chi connectivity index (χ1n) is 7.54. The van der Waals surface area contributed by atoms with E-state index >= 15 is 0 Å². The molecule has 0 unspecified atom stereocenters. The Hall–Kier alpha value is -2.21. The Balaban J connectivity index is 1.88. The summed E-state index contributed by atoms with van der Waals surface area (Å²) in [5.74, 6) is 0.870.